The van der Waals surface area contributed by atoms with Gasteiger partial charge in [0, 0.05) is 11.8 Å². The van der Waals surface area contributed by atoms with Crippen molar-refractivity contribution in [3.8, 4) is 11.4 Å². The van der Waals surface area contributed by atoms with Gasteiger partial charge in [0.1, 0.15) is 11.5 Å². The Morgan fingerprint density at radius 2 is 1.88 bits per heavy atom. The molecule has 1 aliphatic rings. The number of hydrogen-bond acceptors (Lipinski definition) is 3. The monoisotopic (exact) mass is 354 g/mol. The number of hydrogen-bond donors (Lipinski definition) is 1. The van der Waals surface area contributed by atoms with E-state index in [0.717, 1.165) is 48.8 Å². The Labute approximate surface area is 152 Å². The number of benzene rings is 1. The van der Waals surface area contributed by atoms with Gasteiger partial charge in [-0.15, -0.1) is 0 Å². The van der Waals surface area contributed by atoms with E-state index < -0.39 is 0 Å². The maximum absolute atomic E-state index is 6.38. The summed E-state index contributed by atoms with van der Waals surface area (Å²) in [5, 5.41) is 7.47. The highest BCUT2D eigenvalue weighted by molar-refractivity contribution is 6.33. The third-order valence-corrected chi connectivity index (χ3v) is 4.96. The number of nitrogens with zero attached hydrogens (tertiary/aromatic N) is 4. The predicted molar refractivity (Wildman–Crippen MR) is 101 cm³/mol. The van der Waals surface area contributed by atoms with Crippen molar-refractivity contribution >= 4 is 23.3 Å². The highest BCUT2D eigenvalue weighted by Gasteiger charge is 2.16. The molecule has 5 nitrogen and oxygen atoms in total. The highest BCUT2D eigenvalue weighted by atomic mass is 35.5. The first kappa shape index (κ1) is 16.1. The minimum atomic E-state index is 0.698. The van der Waals surface area contributed by atoms with Crippen molar-refractivity contribution in [3.63, 3.8) is 0 Å². The van der Waals surface area contributed by atoms with Crippen molar-refractivity contribution in [1.29, 1.82) is 0 Å². The number of aromatic nitrogens is 2. The maximum Gasteiger partial charge on any atom is 0.146 e. The van der Waals surface area contributed by atoms with Crippen molar-refractivity contribution in [3.05, 3.63) is 59.4 Å². The summed E-state index contributed by atoms with van der Waals surface area (Å²) >= 11 is 6.38. The quantitative estimate of drug-likeness (QED) is 0.728. The van der Waals surface area contributed by atoms with Crippen molar-refractivity contribution in [2.45, 2.75) is 0 Å². The molecule has 0 spiro atoms. The van der Waals surface area contributed by atoms with Crippen LogP contribution in [0.1, 0.15) is 5.69 Å². The summed E-state index contributed by atoms with van der Waals surface area (Å²) in [6.45, 7) is 4.19. The van der Waals surface area contributed by atoms with Crippen LogP contribution in [-0.4, -0.2) is 53.8 Å². The molecule has 0 amide bonds. The molecule has 0 unspecified atom stereocenters. The van der Waals surface area contributed by atoms with E-state index in [1.54, 1.807) is 4.90 Å². The van der Waals surface area contributed by atoms with Crippen LogP contribution in [0.3, 0.4) is 0 Å². The van der Waals surface area contributed by atoms with Gasteiger partial charge in [-0.1, -0.05) is 29.8 Å². The average molecular weight is 355 g/mol. The van der Waals surface area contributed by atoms with E-state index in [9.17, 15) is 0 Å². The third-order valence-electron chi connectivity index (χ3n) is 4.63. The maximum atomic E-state index is 6.38. The fourth-order valence-electron chi connectivity index (χ4n) is 3.12. The summed E-state index contributed by atoms with van der Waals surface area (Å²) in [7, 11) is 2.22. The summed E-state index contributed by atoms with van der Waals surface area (Å²) in [5.74, 6) is 0.838. The smallest absolute Gasteiger partial charge is 0.146 e. The average Bonchev–Trinajstić information content (AvgIpc) is 3.00. The van der Waals surface area contributed by atoms with E-state index >= 15 is 0 Å². The zero-order valence-corrected chi connectivity index (χ0v) is 14.9. The third kappa shape index (κ3) is 3.25. The zero-order chi connectivity index (χ0) is 17.2. The normalized spacial score (nSPS) is 16.2. The van der Waals surface area contributed by atoms with Crippen LogP contribution in [0.5, 0.6) is 0 Å². The number of imidazole rings is 1. The molecule has 25 heavy (non-hydrogen) atoms. The second kappa shape index (κ2) is 6.86. The number of piperazine rings is 1. The zero-order valence-electron chi connectivity index (χ0n) is 14.2. The molecular weight excluding hydrogens is 334 g/mol. The van der Waals surface area contributed by atoms with Crippen LogP contribution in [0.15, 0.2) is 53.8 Å². The molecule has 1 fully saturated rings. The van der Waals surface area contributed by atoms with Gasteiger partial charge in [0.15, 0.2) is 0 Å². The summed E-state index contributed by atoms with van der Waals surface area (Å²) in [6.07, 6.45) is 3.88. The van der Waals surface area contributed by atoms with Crippen LogP contribution in [-0.2, 0) is 0 Å². The van der Waals surface area contributed by atoms with Crippen LogP contribution < -0.4 is 4.90 Å². The SMILES string of the molecule is C[NH+]1CCN(N=Cc2nc(-c3ccccc3Cl)n3ccccc23)CC1. The molecule has 128 valence electrons. The molecule has 3 aromatic rings. The Hall–Kier alpha value is -2.37. The first-order chi connectivity index (χ1) is 12.2. The number of fused-ring (bicyclic) bond motifs is 1. The molecule has 0 bridgehead atoms. The number of rotatable bonds is 3. The molecule has 3 heterocycles. The number of nitrogens with one attached hydrogen (secondary N) is 1. The van der Waals surface area contributed by atoms with E-state index in [1.165, 1.54) is 0 Å². The van der Waals surface area contributed by atoms with Crippen molar-refractivity contribution < 1.29 is 4.90 Å². The highest BCUT2D eigenvalue weighted by Crippen LogP contribution is 2.28. The first-order valence-electron chi connectivity index (χ1n) is 8.54. The Bertz CT molecular complexity index is 909. The minimum Gasteiger partial charge on any atom is -0.334 e. The molecule has 1 N–H and O–H groups in total. The number of likely N-dealkylation sites (N-methyl/N-ethyl adjacent to an activating group) is 1. The van der Waals surface area contributed by atoms with Gasteiger partial charge in [0.25, 0.3) is 0 Å². The number of halogens is 1. The largest absolute Gasteiger partial charge is 0.334 e. The molecule has 0 saturated carbocycles. The van der Waals surface area contributed by atoms with E-state index in [4.69, 9.17) is 16.6 Å². The molecule has 0 aliphatic carbocycles. The predicted octanol–water partition coefficient (Wildman–Crippen LogP) is 1.82. The summed E-state index contributed by atoms with van der Waals surface area (Å²) in [5.41, 5.74) is 2.82. The lowest BCUT2D eigenvalue weighted by molar-refractivity contribution is -0.884. The molecule has 6 heteroatoms. The van der Waals surface area contributed by atoms with Crippen LogP contribution >= 0.6 is 11.6 Å². The van der Waals surface area contributed by atoms with Crippen molar-refractivity contribution in [1.82, 2.24) is 14.4 Å². The second-order valence-electron chi connectivity index (χ2n) is 6.41. The Balaban J connectivity index is 1.72. The molecule has 4 rings (SSSR count). The first-order valence-corrected chi connectivity index (χ1v) is 8.92. The second-order valence-corrected chi connectivity index (χ2v) is 6.82. The fourth-order valence-corrected chi connectivity index (χ4v) is 3.34. The van der Waals surface area contributed by atoms with Gasteiger partial charge in [-0.05, 0) is 24.3 Å². The number of quaternary nitrogens is 1. The Kier molecular flexibility index (Phi) is 4.42. The van der Waals surface area contributed by atoms with Crippen LogP contribution in [0, 0.1) is 0 Å². The Morgan fingerprint density at radius 3 is 2.68 bits per heavy atom. The lowest BCUT2D eigenvalue weighted by Gasteiger charge is -2.27. The van der Waals surface area contributed by atoms with Gasteiger partial charge >= 0.3 is 0 Å². The van der Waals surface area contributed by atoms with Gasteiger partial charge in [-0.3, -0.25) is 9.41 Å². The van der Waals surface area contributed by atoms with E-state index in [0.29, 0.717) is 5.02 Å². The molecule has 1 saturated heterocycles. The number of hydrazone groups is 1. The molecule has 0 radical (unpaired) electrons. The molecular formula is C19H21ClN5+. The summed E-state index contributed by atoms with van der Waals surface area (Å²) in [6, 6.07) is 13.9. The van der Waals surface area contributed by atoms with E-state index in [2.05, 4.69) is 27.6 Å². The Morgan fingerprint density at radius 1 is 1.12 bits per heavy atom. The van der Waals surface area contributed by atoms with Gasteiger partial charge < -0.3 is 4.90 Å². The molecule has 1 aromatic carbocycles. The van der Waals surface area contributed by atoms with Gasteiger partial charge in [0.05, 0.1) is 50.0 Å². The minimum absolute atomic E-state index is 0.698. The van der Waals surface area contributed by atoms with Crippen LogP contribution in [0.2, 0.25) is 5.02 Å². The summed E-state index contributed by atoms with van der Waals surface area (Å²) < 4.78 is 2.07. The van der Waals surface area contributed by atoms with Gasteiger partial charge in [0.2, 0.25) is 0 Å². The van der Waals surface area contributed by atoms with E-state index in [1.807, 2.05) is 48.8 Å². The van der Waals surface area contributed by atoms with Crippen molar-refractivity contribution in [2.24, 2.45) is 5.10 Å². The van der Waals surface area contributed by atoms with Crippen LogP contribution in [0.25, 0.3) is 16.9 Å². The lowest BCUT2D eigenvalue weighted by atomic mass is 10.2. The van der Waals surface area contributed by atoms with Crippen molar-refractivity contribution in [2.75, 3.05) is 33.2 Å². The molecule has 0 atom stereocenters. The van der Waals surface area contributed by atoms with Gasteiger partial charge in [-0.25, -0.2) is 4.98 Å². The standard InChI is InChI=1S/C19H20ClN5/c1-23-10-12-24(13-11-23)21-14-17-18-8-4-5-9-25(18)19(22-17)15-6-2-3-7-16(15)20/h2-9,14H,10-13H2,1H3/p+1. The summed E-state index contributed by atoms with van der Waals surface area (Å²) in [4.78, 5) is 6.37. The number of pyridine rings is 1. The molecule has 2 aromatic heterocycles. The van der Waals surface area contributed by atoms with Crippen LogP contribution in [0.4, 0.5) is 0 Å². The fraction of sp³-hybridized carbons (Fsp3) is 0.263. The lowest BCUT2D eigenvalue weighted by Crippen LogP contribution is -3.11. The van der Waals surface area contributed by atoms with E-state index in [-0.39, 0.29) is 0 Å². The topological polar surface area (TPSA) is 37.3 Å². The molecule has 1 aliphatic heterocycles. The van der Waals surface area contributed by atoms with Gasteiger partial charge in [-0.2, -0.15) is 5.10 Å².